The van der Waals surface area contributed by atoms with Crippen LogP contribution in [-0.4, -0.2) is 39.5 Å². The predicted octanol–water partition coefficient (Wildman–Crippen LogP) is 4.52. The summed E-state index contributed by atoms with van der Waals surface area (Å²) in [5.74, 6) is -0.593. The molecule has 2 amide bonds. The molecule has 180 valence electrons. The Kier molecular flexibility index (Phi) is 6.76. The highest BCUT2D eigenvalue weighted by atomic mass is 32.1. The van der Waals surface area contributed by atoms with Gasteiger partial charge in [-0.05, 0) is 56.0 Å². The van der Waals surface area contributed by atoms with Crippen molar-refractivity contribution in [3.05, 3.63) is 53.4 Å². The van der Waals surface area contributed by atoms with E-state index in [4.69, 9.17) is 5.73 Å². The number of aliphatic hydroxyl groups is 1. The summed E-state index contributed by atoms with van der Waals surface area (Å²) >= 11 is 2.87. The lowest BCUT2D eigenvalue weighted by molar-refractivity contribution is -0.125. The Morgan fingerprint density at radius 2 is 1.86 bits per heavy atom. The Bertz CT molecular complexity index is 1340. The highest BCUT2D eigenvalue weighted by Gasteiger charge is 2.31. The zero-order valence-electron chi connectivity index (χ0n) is 18.9. The van der Waals surface area contributed by atoms with Gasteiger partial charge in [-0.15, -0.1) is 22.7 Å². The van der Waals surface area contributed by atoms with Gasteiger partial charge in [0.05, 0.1) is 27.5 Å². The maximum atomic E-state index is 13.5. The lowest BCUT2D eigenvalue weighted by atomic mass is 9.86. The van der Waals surface area contributed by atoms with Crippen LogP contribution >= 0.6 is 22.7 Å². The van der Waals surface area contributed by atoms with Crippen LogP contribution in [0.5, 0.6) is 0 Å². The molecule has 1 saturated carbocycles. The molecule has 2 aromatic heterocycles. The molecule has 2 aromatic carbocycles. The Morgan fingerprint density at radius 1 is 1.09 bits per heavy atom. The fourth-order valence-corrected chi connectivity index (χ4v) is 5.62. The molecule has 0 spiro atoms. The molecule has 0 bridgehead atoms. The topological polar surface area (TPSA) is 121 Å². The second kappa shape index (κ2) is 10.1. The monoisotopic (exact) mass is 507 g/mol. The molecule has 10 heteroatoms. The van der Waals surface area contributed by atoms with Crippen LogP contribution in [0.4, 0.5) is 16.5 Å². The van der Waals surface area contributed by atoms with E-state index in [1.54, 1.807) is 22.5 Å². The van der Waals surface area contributed by atoms with E-state index in [9.17, 15) is 14.7 Å². The van der Waals surface area contributed by atoms with Crippen molar-refractivity contribution < 1.29 is 14.7 Å². The summed E-state index contributed by atoms with van der Waals surface area (Å²) in [4.78, 5) is 36.7. The van der Waals surface area contributed by atoms with Crippen LogP contribution in [-0.2, 0) is 9.59 Å². The van der Waals surface area contributed by atoms with E-state index in [0.717, 1.165) is 21.5 Å². The lowest BCUT2D eigenvalue weighted by Crippen LogP contribution is -2.42. The molecule has 1 aliphatic rings. The van der Waals surface area contributed by atoms with Gasteiger partial charge in [-0.25, -0.2) is 9.97 Å². The normalized spacial score (nSPS) is 17.9. The van der Waals surface area contributed by atoms with E-state index in [1.165, 1.54) is 22.7 Å². The highest BCUT2D eigenvalue weighted by Crippen LogP contribution is 2.30. The number of carbonyl (C=O) groups excluding carboxylic acids is 2. The summed E-state index contributed by atoms with van der Waals surface area (Å²) in [7, 11) is 0. The first kappa shape index (κ1) is 23.4. The maximum Gasteiger partial charge on any atom is 0.244 e. The summed E-state index contributed by atoms with van der Waals surface area (Å²) in [5.41, 5.74) is 11.3. The van der Waals surface area contributed by atoms with E-state index in [-0.39, 0.29) is 30.4 Å². The van der Waals surface area contributed by atoms with Gasteiger partial charge in [0.25, 0.3) is 0 Å². The summed E-state index contributed by atoms with van der Waals surface area (Å²) in [6, 6.07) is 13.0. The summed E-state index contributed by atoms with van der Waals surface area (Å²) in [6.07, 6.45) is 2.07. The van der Waals surface area contributed by atoms with Crippen molar-refractivity contribution >= 4 is 61.2 Å². The van der Waals surface area contributed by atoms with Gasteiger partial charge in [-0.3, -0.25) is 9.59 Å². The largest absolute Gasteiger partial charge is 0.393 e. The zero-order valence-corrected chi connectivity index (χ0v) is 20.5. The number of rotatable bonds is 6. The average Bonchev–Trinajstić information content (AvgIpc) is 3.51. The van der Waals surface area contributed by atoms with Crippen LogP contribution in [0.15, 0.2) is 53.4 Å². The van der Waals surface area contributed by atoms with Gasteiger partial charge in [-0.2, -0.15) is 0 Å². The smallest absolute Gasteiger partial charge is 0.244 e. The van der Waals surface area contributed by atoms with Crippen LogP contribution in [0.2, 0.25) is 0 Å². The Balaban J connectivity index is 1.33. The summed E-state index contributed by atoms with van der Waals surface area (Å²) in [6.45, 7) is -0.105. The minimum Gasteiger partial charge on any atom is -0.393 e. The number of nitrogens with one attached hydrogen (secondary N) is 1. The van der Waals surface area contributed by atoms with Crippen molar-refractivity contribution in [3.63, 3.8) is 0 Å². The number of benzene rings is 2. The molecule has 0 saturated heterocycles. The minimum absolute atomic E-state index is 0.0904. The molecule has 8 nitrogen and oxygen atoms in total. The van der Waals surface area contributed by atoms with E-state index in [1.807, 2.05) is 35.7 Å². The first-order valence-electron chi connectivity index (χ1n) is 11.4. The zero-order chi connectivity index (χ0) is 24.4. The fraction of sp³-hybridized carbons (Fsp3) is 0.280. The third-order valence-corrected chi connectivity index (χ3v) is 7.69. The van der Waals surface area contributed by atoms with Crippen LogP contribution < -0.4 is 16.0 Å². The van der Waals surface area contributed by atoms with Gasteiger partial charge in [-0.1, -0.05) is 12.1 Å². The molecule has 1 fully saturated rings. The Labute approximate surface area is 210 Å². The molecule has 4 aromatic rings. The van der Waals surface area contributed by atoms with Gasteiger partial charge in [0.15, 0.2) is 5.13 Å². The second-order valence-electron chi connectivity index (χ2n) is 8.63. The molecular weight excluding hydrogens is 482 g/mol. The van der Waals surface area contributed by atoms with E-state index >= 15 is 0 Å². The molecule has 1 aliphatic carbocycles. The number of amides is 2. The van der Waals surface area contributed by atoms with Gasteiger partial charge in [0, 0.05) is 28.2 Å². The van der Waals surface area contributed by atoms with Crippen molar-refractivity contribution in [1.29, 1.82) is 0 Å². The molecular formula is C25H25N5O3S2. The van der Waals surface area contributed by atoms with Gasteiger partial charge in [0.2, 0.25) is 11.8 Å². The van der Waals surface area contributed by atoms with Crippen molar-refractivity contribution in [2.24, 2.45) is 5.92 Å². The SMILES string of the molecule is Nc1nc(-c2ccc(NC(=O)CN(C(=O)C3CCC(O)CC3)c3ccc4ncsc4c3)cc2)cs1. The van der Waals surface area contributed by atoms with Gasteiger partial charge < -0.3 is 21.1 Å². The van der Waals surface area contributed by atoms with Gasteiger partial charge >= 0.3 is 0 Å². The van der Waals surface area contributed by atoms with Crippen LogP contribution in [0.3, 0.4) is 0 Å². The van der Waals surface area contributed by atoms with Gasteiger partial charge in [0.1, 0.15) is 6.54 Å². The standard InChI is InChI=1S/C25H25N5O3S2/c26-25-29-21(13-34-25)15-1-5-17(6-2-15)28-23(32)12-30(24(33)16-3-8-19(31)9-4-16)18-7-10-20-22(11-18)35-14-27-20/h1-2,5-7,10-11,13-14,16,19,31H,3-4,8-9,12H2,(H2,26,29)(H,28,32). The first-order valence-corrected chi connectivity index (χ1v) is 13.2. The van der Waals surface area contributed by atoms with E-state index < -0.39 is 0 Å². The number of nitrogens with two attached hydrogens (primary N) is 1. The highest BCUT2D eigenvalue weighted by molar-refractivity contribution is 7.16. The quantitative estimate of drug-likeness (QED) is 0.353. The number of fused-ring (bicyclic) bond motifs is 1. The Morgan fingerprint density at radius 3 is 2.57 bits per heavy atom. The molecule has 35 heavy (non-hydrogen) atoms. The number of nitrogens with zero attached hydrogens (tertiary/aromatic N) is 3. The molecule has 0 aliphatic heterocycles. The number of nitrogen functional groups attached to an aromatic ring is 1. The summed E-state index contributed by atoms with van der Waals surface area (Å²) in [5, 5.41) is 15.1. The lowest BCUT2D eigenvalue weighted by Gasteiger charge is -2.30. The molecule has 0 radical (unpaired) electrons. The van der Waals surface area contributed by atoms with Crippen molar-refractivity contribution in [2.45, 2.75) is 31.8 Å². The third kappa shape index (κ3) is 5.34. The average molecular weight is 508 g/mol. The number of hydrogen-bond donors (Lipinski definition) is 3. The maximum absolute atomic E-state index is 13.5. The molecule has 0 unspecified atom stereocenters. The molecule has 4 N–H and O–H groups in total. The summed E-state index contributed by atoms with van der Waals surface area (Å²) < 4.78 is 0.957. The number of aromatic nitrogens is 2. The van der Waals surface area contributed by atoms with Crippen LogP contribution in [0.25, 0.3) is 21.5 Å². The van der Waals surface area contributed by atoms with Crippen LogP contribution in [0.1, 0.15) is 25.7 Å². The first-order chi connectivity index (χ1) is 17.0. The number of anilines is 3. The van der Waals surface area contributed by atoms with Crippen molar-refractivity contribution in [1.82, 2.24) is 9.97 Å². The van der Waals surface area contributed by atoms with Crippen molar-refractivity contribution in [2.75, 3.05) is 22.5 Å². The molecule has 5 rings (SSSR count). The molecule has 0 atom stereocenters. The second-order valence-corrected chi connectivity index (χ2v) is 10.4. The fourth-order valence-electron chi connectivity index (χ4n) is 4.34. The number of hydrogen-bond acceptors (Lipinski definition) is 8. The predicted molar refractivity (Wildman–Crippen MR) is 141 cm³/mol. The van der Waals surface area contributed by atoms with Crippen molar-refractivity contribution in [3.8, 4) is 11.3 Å². The minimum atomic E-state index is -0.354. The number of thiazole rings is 2. The Hall–Kier alpha value is -3.34. The van der Waals surface area contributed by atoms with E-state index in [0.29, 0.717) is 42.2 Å². The number of aliphatic hydroxyl groups excluding tert-OH is 1. The van der Waals surface area contributed by atoms with E-state index in [2.05, 4.69) is 15.3 Å². The number of carbonyl (C=O) groups is 2. The molecule has 2 heterocycles. The third-order valence-electron chi connectivity index (χ3n) is 6.23. The van der Waals surface area contributed by atoms with Crippen LogP contribution in [0, 0.1) is 5.92 Å².